The molecule has 34 heavy (non-hydrogen) atoms. The zero-order valence-corrected chi connectivity index (χ0v) is 21.3. The number of fused-ring (bicyclic) bond motifs is 6. The van der Waals surface area contributed by atoms with Gasteiger partial charge in [0.25, 0.3) is 0 Å². The second-order valence-electron chi connectivity index (χ2n) is 13.1. The molecule has 9 atom stereocenters. The molecule has 1 unspecified atom stereocenters. The van der Waals surface area contributed by atoms with E-state index < -0.39 is 5.60 Å². The molecular weight excluding hydrogens is 422 g/mol. The first-order valence-corrected chi connectivity index (χ1v) is 13.7. The maximum absolute atomic E-state index is 13.9. The molecule has 0 bridgehead atoms. The first-order valence-electron chi connectivity index (χ1n) is 13.7. The van der Waals surface area contributed by atoms with Crippen LogP contribution in [-0.4, -0.2) is 31.5 Å². The van der Waals surface area contributed by atoms with Crippen molar-refractivity contribution in [2.24, 2.45) is 40.4 Å². The third-order valence-corrected chi connectivity index (χ3v) is 11.4. The molecule has 1 aromatic carbocycles. The maximum atomic E-state index is 13.9. The molecule has 5 nitrogen and oxygen atoms in total. The lowest BCUT2D eigenvalue weighted by Gasteiger charge is -2.61. The molecule has 0 spiro atoms. The van der Waals surface area contributed by atoms with Gasteiger partial charge in [0.05, 0.1) is 5.60 Å². The van der Waals surface area contributed by atoms with E-state index in [0.29, 0.717) is 23.0 Å². The fourth-order valence-corrected chi connectivity index (χ4v) is 9.35. The molecule has 6 rings (SSSR count). The molecule has 4 saturated carbocycles. The average molecular weight is 464 g/mol. The van der Waals surface area contributed by atoms with Crippen molar-refractivity contribution in [2.45, 2.75) is 97.1 Å². The number of ketones is 1. The van der Waals surface area contributed by atoms with Gasteiger partial charge in [-0.1, -0.05) is 26.0 Å². The van der Waals surface area contributed by atoms with Gasteiger partial charge in [0.2, 0.25) is 0 Å². The Morgan fingerprint density at radius 1 is 0.941 bits per heavy atom. The van der Waals surface area contributed by atoms with Crippen LogP contribution in [-0.2, 0) is 4.79 Å². The molecule has 4 fully saturated rings. The molecule has 0 amide bonds. The van der Waals surface area contributed by atoms with E-state index in [1.165, 1.54) is 25.7 Å². The van der Waals surface area contributed by atoms with Crippen molar-refractivity contribution in [3.05, 3.63) is 24.3 Å². The van der Waals surface area contributed by atoms with Crippen LogP contribution in [0.15, 0.2) is 24.3 Å². The van der Waals surface area contributed by atoms with Crippen LogP contribution in [0, 0.1) is 40.4 Å². The Hall–Kier alpha value is -1.75. The highest BCUT2D eigenvalue weighted by molar-refractivity contribution is 5.86. The Labute approximate surface area is 203 Å². The van der Waals surface area contributed by atoms with Crippen LogP contribution >= 0.6 is 0 Å². The summed E-state index contributed by atoms with van der Waals surface area (Å²) in [5, 5.41) is 20.0. The highest BCUT2D eigenvalue weighted by Crippen LogP contribution is 2.68. The van der Waals surface area contributed by atoms with E-state index in [0.717, 1.165) is 55.0 Å². The van der Waals surface area contributed by atoms with Crippen molar-refractivity contribution in [3.8, 4) is 0 Å². The molecule has 4 aliphatic carbocycles. The lowest BCUT2D eigenvalue weighted by molar-refractivity contribution is -0.151. The summed E-state index contributed by atoms with van der Waals surface area (Å²) in [6.07, 6.45) is 10.2. The van der Waals surface area contributed by atoms with Gasteiger partial charge in [0.15, 0.2) is 5.78 Å². The SMILES string of the molecule is CC(C(=O)[C@H]1CC[C@H]2[C@@H]3CC[C@@H]4C[C@](C)(O)CC[C@]4(C)[C@H]3CC[C@]12C)n1nc2ccccc2n1. The summed E-state index contributed by atoms with van der Waals surface area (Å²) in [7, 11) is 0. The second-order valence-corrected chi connectivity index (χ2v) is 13.1. The van der Waals surface area contributed by atoms with Crippen molar-refractivity contribution in [3.63, 3.8) is 0 Å². The third kappa shape index (κ3) is 3.25. The third-order valence-electron chi connectivity index (χ3n) is 11.4. The first-order chi connectivity index (χ1) is 16.1. The van der Waals surface area contributed by atoms with Crippen LogP contribution in [0.1, 0.15) is 91.5 Å². The van der Waals surface area contributed by atoms with Gasteiger partial charge < -0.3 is 5.11 Å². The van der Waals surface area contributed by atoms with E-state index in [4.69, 9.17) is 0 Å². The minimum absolute atomic E-state index is 0.0996. The zero-order chi connectivity index (χ0) is 23.9. The molecule has 0 aliphatic heterocycles. The molecule has 0 radical (unpaired) electrons. The van der Waals surface area contributed by atoms with Gasteiger partial charge in [-0.15, -0.1) is 0 Å². The summed E-state index contributed by atoms with van der Waals surface area (Å²) in [6.45, 7) is 9.01. The summed E-state index contributed by atoms with van der Waals surface area (Å²) >= 11 is 0. The van der Waals surface area contributed by atoms with Gasteiger partial charge >= 0.3 is 0 Å². The van der Waals surface area contributed by atoms with Crippen molar-refractivity contribution >= 4 is 16.8 Å². The van der Waals surface area contributed by atoms with E-state index >= 15 is 0 Å². The molecule has 184 valence electrons. The van der Waals surface area contributed by atoms with Crippen LogP contribution in [0.25, 0.3) is 11.0 Å². The predicted molar refractivity (Wildman–Crippen MR) is 133 cm³/mol. The fraction of sp³-hybridized carbons (Fsp3) is 0.759. The van der Waals surface area contributed by atoms with Crippen molar-refractivity contribution in [1.82, 2.24) is 15.0 Å². The van der Waals surface area contributed by atoms with Crippen molar-refractivity contribution in [2.75, 3.05) is 0 Å². The number of Topliss-reactive ketones (excluding diaryl/α,β-unsaturated/α-hetero) is 1. The van der Waals surface area contributed by atoms with Gasteiger partial charge in [0.1, 0.15) is 17.1 Å². The lowest BCUT2D eigenvalue weighted by Crippen LogP contribution is -2.55. The first kappa shape index (κ1) is 22.7. The molecule has 4 aliphatic rings. The number of carbonyl (C=O) groups excluding carboxylic acids is 1. The van der Waals surface area contributed by atoms with Crippen LogP contribution in [0.2, 0.25) is 0 Å². The normalized spacial score (nSPS) is 44.8. The summed E-state index contributed by atoms with van der Waals surface area (Å²) in [4.78, 5) is 15.5. The van der Waals surface area contributed by atoms with Crippen LogP contribution < -0.4 is 0 Å². The van der Waals surface area contributed by atoms with E-state index in [9.17, 15) is 9.90 Å². The van der Waals surface area contributed by atoms with Gasteiger partial charge in [-0.3, -0.25) is 4.79 Å². The summed E-state index contributed by atoms with van der Waals surface area (Å²) < 4.78 is 0. The van der Waals surface area contributed by atoms with Gasteiger partial charge in [-0.2, -0.15) is 15.0 Å². The number of rotatable bonds is 3. The highest BCUT2D eigenvalue weighted by atomic mass is 16.3. The Balaban J connectivity index is 1.23. The quantitative estimate of drug-likeness (QED) is 0.609. The van der Waals surface area contributed by atoms with Gasteiger partial charge in [-0.25, -0.2) is 0 Å². The monoisotopic (exact) mass is 463 g/mol. The lowest BCUT2D eigenvalue weighted by atomic mass is 9.44. The number of hydrogen-bond acceptors (Lipinski definition) is 4. The Kier molecular flexibility index (Phi) is 5.09. The number of benzene rings is 1. The largest absolute Gasteiger partial charge is 0.390 e. The number of carbonyl (C=O) groups is 1. The maximum Gasteiger partial charge on any atom is 0.162 e. The molecule has 1 heterocycles. The van der Waals surface area contributed by atoms with Crippen molar-refractivity contribution < 1.29 is 9.90 Å². The Bertz CT molecular complexity index is 1070. The van der Waals surface area contributed by atoms with Gasteiger partial charge in [0, 0.05) is 5.92 Å². The van der Waals surface area contributed by atoms with Crippen LogP contribution in [0.5, 0.6) is 0 Å². The second kappa shape index (κ2) is 7.62. The zero-order valence-electron chi connectivity index (χ0n) is 21.3. The van der Waals surface area contributed by atoms with Crippen LogP contribution in [0.4, 0.5) is 0 Å². The molecule has 2 aromatic rings. The molecule has 0 saturated heterocycles. The summed E-state index contributed by atoms with van der Waals surface area (Å²) in [5.74, 6) is 3.24. The number of hydrogen-bond donors (Lipinski definition) is 1. The van der Waals surface area contributed by atoms with Crippen molar-refractivity contribution in [1.29, 1.82) is 0 Å². The number of nitrogens with zero attached hydrogens (tertiary/aromatic N) is 3. The minimum Gasteiger partial charge on any atom is -0.390 e. The molecular formula is C29H41N3O2. The Morgan fingerprint density at radius 3 is 2.32 bits per heavy atom. The fourth-order valence-electron chi connectivity index (χ4n) is 9.35. The predicted octanol–water partition coefficient (Wildman–Crippen LogP) is 5.97. The Morgan fingerprint density at radius 2 is 1.62 bits per heavy atom. The minimum atomic E-state index is -0.480. The smallest absolute Gasteiger partial charge is 0.162 e. The van der Waals surface area contributed by atoms with Gasteiger partial charge in [-0.05, 0) is 118 Å². The highest BCUT2D eigenvalue weighted by Gasteiger charge is 2.62. The number of aromatic nitrogens is 3. The van der Waals surface area contributed by atoms with E-state index in [1.54, 1.807) is 4.80 Å². The van der Waals surface area contributed by atoms with Crippen LogP contribution in [0.3, 0.4) is 0 Å². The van der Waals surface area contributed by atoms with E-state index in [2.05, 4.69) is 24.0 Å². The molecule has 1 aromatic heterocycles. The molecule has 1 N–H and O–H groups in total. The molecule has 5 heteroatoms. The standard InChI is InChI=1S/C29H41N3O2/c1-18(32-30-24-7-5-6-8-25(24)31-32)26(33)23-12-11-21-20-10-9-19-17-27(2,34)15-16-28(19,3)22(20)13-14-29(21,23)4/h5-8,18-23,34H,9-17H2,1-4H3/t18?,19-,20+,21+,22+,23-,27-,28+,29+/m1/s1. The number of aliphatic hydroxyl groups is 1. The average Bonchev–Trinajstić information content (AvgIpc) is 3.39. The van der Waals surface area contributed by atoms with E-state index in [1.807, 2.05) is 38.1 Å². The topological polar surface area (TPSA) is 68.0 Å². The summed E-state index contributed by atoms with van der Waals surface area (Å²) in [5.41, 5.74) is 1.69. The van der Waals surface area contributed by atoms with E-state index in [-0.39, 0.29) is 17.4 Å². The summed E-state index contributed by atoms with van der Waals surface area (Å²) in [6, 6.07) is 7.55.